The van der Waals surface area contributed by atoms with Crippen LogP contribution in [0.3, 0.4) is 0 Å². The van der Waals surface area contributed by atoms with E-state index < -0.39 is 0 Å². The predicted octanol–water partition coefficient (Wildman–Crippen LogP) is 2.68. The molecule has 1 aliphatic heterocycles. The fourth-order valence-corrected chi connectivity index (χ4v) is 2.41. The van der Waals surface area contributed by atoms with Crippen molar-refractivity contribution < 1.29 is 4.74 Å². The average Bonchev–Trinajstić information content (AvgIpc) is 2.56. The van der Waals surface area contributed by atoms with E-state index in [1.807, 2.05) is 19.9 Å². The molecule has 4 heteroatoms. The number of piperazine rings is 1. The molecule has 1 aromatic carbocycles. The second-order valence-electron chi connectivity index (χ2n) is 4.45. The van der Waals surface area contributed by atoms with Crippen molar-refractivity contribution in [1.29, 1.82) is 0 Å². The Kier molecular flexibility index (Phi) is 5.18. The van der Waals surface area contributed by atoms with E-state index in [1.54, 1.807) is 13.3 Å². The van der Waals surface area contributed by atoms with Crippen molar-refractivity contribution in [2.75, 3.05) is 38.2 Å². The molecule has 2 aromatic rings. The van der Waals surface area contributed by atoms with Gasteiger partial charge in [0.2, 0.25) is 0 Å². The molecular formula is C16H23N3O. The molecule has 3 rings (SSSR count). The summed E-state index contributed by atoms with van der Waals surface area (Å²) in [7, 11) is 1.70. The molecule has 1 aromatic heterocycles. The largest absolute Gasteiger partial charge is 0.496 e. The molecule has 0 saturated carbocycles. The summed E-state index contributed by atoms with van der Waals surface area (Å²) in [4.78, 5) is 6.76. The molecule has 0 aliphatic carbocycles. The molecule has 4 nitrogen and oxygen atoms in total. The first-order chi connectivity index (χ1) is 9.88. The third-order valence-electron chi connectivity index (χ3n) is 3.39. The van der Waals surface area contributed by atoms with Crippen molar-refractivity contribution in [3.8, 4) is 5.75 Å². The van der Waals surface area contributed by atoms with Crippen molar-refractivity contribution in [1.82, 2.24) is 10.3 Å². The maximum Gasteiger partial charge on any atom is 0.129 e. The monoisotopic (exact) mass is 273 g/mol. The lowest BCUT2D eigenvalue weighted by molar-refractivity contribution is 0.419. The minimum atomic E-state index is 0.886. The molecule has 1 N–H and O–H groups in total. The van der Waals surface area contributed by atoms with Gasteiger partial charge in [0.25, 0.3) is 0 Å². The van der Waals surface area contributed by atoms with Gasteiger partial charge in [-0.1, -0.05) is 13.8 Å². The van der Waals surface area contributed by atoms with Gasteiger partial charge in [-0.2, -0.15) is 0 Å². The van der Waals surface area contributed by atoms with Crippen LogP contribution in [0.15, 0.2) is 30.5 Å². The summed E-state index contributed by atoms with van der Waals surface area (Å²) in [5, 5.41) is 4.45. The summed E-state index contributed by atoms with van der Waals surface area (Å²) in [6.45, 7) is 8.19. The second-order valence-corrected chi connectivity index (χ2v) is 4.45. The van der Waals surface area contributed by atoms with Crippen LogP contribution in [0, 0.1) is 0 Å². The third kappa shape index (κ3) is 3.02. The van der Waals surface area contributed by atoms with Crippen LogP contribution in [0.4, 0.5) is 5.69 Å². The number of anilines is 1. The number of rotatable bonds is 2. The lowest BCUT2D eigenvalue weighted by Crippen LogP contribution is -2.43. The highest BCUT2D eigenvalue weighted by Gasteiger charge is 2.12. The van der Waals surface area contributed by atoms with Crippen LogP contribution in [0.25, 0.3) is 10.9 Å². The van der Waals surface area contributed by atoms with Crippen molar-refractivity contribution in [2.24, 2.45) is 0 Å². The Balaban J connectivity index is 0.000000704. The Bertz CT molecular complexity index is 550. The fourth-order valence-electron chi connectivity index (χ4n) is 2.41. The van der Waals surface area contributed by atoms with Gasteiger partial charge >= 0.3 is 0 Å². The number of ether oxygens (including phenoxy) is 1. The molecule has 1 aliphatic rings. The number of nitrogens with one attached hydrogen (secondary N) is 1. The van der Waals surface area contributed by atoms with E-state index >= 15 is 0 Å². The summed E-state index contributed by atoms with van der Waals surface area (Å²) in [5.41, 5.74) is 2.23. The van der Waals surface area contributed by atoms with E-state index in [0.717, 1.165) is 42.8 Å². The number of fused-ring (bicyclic) bond motifs is 1. The molecule has 2 heterocycles. The number of hydrogen-bond donors (Lipinski definition) is 1. The topological polar surface area (TPSA) is 37.4 Å². The van der Waals surface area contributed by atoms with Crippen LogP contribution in [-0.2, 0) is 0 Å². The number of aromatic nitrogens is 1. The summed E-state index contributed by atoms with van der Waals surface area (Å²) in [5.74, 6) is 0.886. The Morgan fingerprint density at radius 1 is 1.15 bits per heavy atom. The molecule has 0 atom stereocenters. The lowest BCUT2D eigenvalue weighted by Gasteiger charge is -2.29. The highest BCUT2D eigenvalue weighted by Crippen LogP contribution is 2.28. The molecule has 20 heavy (non-hydrogen) atoms. The number of hydrogen-bond acceptors (Lipinski definition) is 4. The second kappa shape index (κ2) is 7.10. The molecule has 108 valence electrons. The maximum absolute atomic E-state index is 5.40. The molecule has 0 radical (unpaired) electrons. The van der Waals surface area contributed by atoms with E-state index in [9.17, 15) is 0 Å². The quantitative estimate of drug-likeness (QED) is 0.913. The van der Waals surface area contributed by atoms with Gasteiger partial charge in [-0.05, 0) is 24.3 Å². The Morgan fingerprint density at radius 3 is 2.60 bits per heavy atom. The number of methoxy groups -OCH3 is 1. The molecule has 1 fully saturated rings. The van der Waals surface area contributed by atoms with Crippen LogP contribution in [0.1, 0.15) is 13.8 Å². The van der Waals surface area contributed by atoms with Crippen molar-refractivity contribution in [3.05, 3.63) is 30.5 Å². The number of benzene rings is 1. The zero-order valence-corrected chi connectivity index (χ0v) is 12.5. The minimum absolute atomic E-state index is 0.886. The zero-order valence-electron chi connectivity index (χ0n) is 12.5. The van der Waals surface area contributed by atoms with E-state index in [-0.39, 0.29) is 0 Å². The molecule has 0 bridgehead atoms. The molecule has 0 spiro atoms. The Labute approximate surface area is 120 Å². The van der Waals surface area contributed by atoms with Gasteiger partial charge in [0.05, 0.1) is 12.6 Å². The predicted molar refractivity (Wildman–Crippen MR) is 84.7 cm³/mol. The first-order valence-electron chi connectivity index (χ1n) is 7.27. The number of pyridine rings is 1. The molecule has 1 saturated heterocycles. The summed E-state index contributed by atoms with van der Waals surface area (Å²) in [6, 6.07) is 8.28. The van der Waals surface area contributed by atoms with Crippen LogP contribution in [0.5, 0.6) is 5.75 Å². The smallest absolute Gasteiger partial charge is 0.129 e. The molecule has 0 amide bonds. The van der Waals surface area contributed by atoms with Gasteiger partial charge in [-0.15, -0.1) is 0 Å². The van der Waals surface area contributed by atoms with E-state index in [0.29, 0.717) is 0 Å². The SMILES string of the molecule is CC.COc1ccnc2ccc(N3CCNCC3)cc12. The third-order valence-corrected chi connectivity index (χ3v) is 3.39. The summed E-state index contributed by atoms with van der Waals surface area (Å²) < 4.78 is 5.40. The summed E-state index contributed by atoms with van der Waals surface area (Å²) in [6.07, 6.45) is 1.78. The van der Waals surface area contributed by atoms with Gasteiger partial charge in [0.15, 0.2) is 0 Å². The van der Waals surface area contributed by atoms with Gasteiger partial charge in [0.1, 0.15) is 5.75 Å². The average molecular weight is 273 g/mol. The maximum atomic E-state index is 5.40. The first-order valence-corrected chi connectivity index (χ1v) is 7.27. The van der Waals surface area contributed by atoms with Crippen molar-refractivity contribution in [2.45, 2.75) is 13.8 Å². The first kappa shape index (κ1) is 14.6. The van der Waals surface area contributed by atoms with E-state index in [4.69, 9.17) is 4.74 Å². The van der Waals surface area contributed by atoms with Crippen molar-refractivity contribution in [3.63, 3.8) is 0 Å². The normalized spacial score (nSPS) is 14.7. The van der Waals surface area contributed by atoms with Crippen LogP contribution >= 0.6 is 0 Å². The Morgan fingerprint density at radius 2 is 1.90 bits per heavy atom. The number of nitrogens with zero attached hydrogens (tertiary/aromatic N) is 2. The lowest BCUT2D eigenvalue weighted by atomic mass is 10.1. The fraction of sp³-hybridized carbons (Fsp3) is 0.438. The van der Waals surface area contributed by atoms with E-state index in [1.165, 1.54) is 5.69 Å². The molecule has 0 unspecified atom stereocenters. The van der Waals surface area contributed by atoms with Gasteiger partial charge in [-0.25, -0.2) is 0 Å². The molecular weight excluding hydrogens is 250 g/mol. The van der Waals surface area contributed by atoms with Gasteiger partial charge < -0.3 is 15.0 Å². The highest BCUT2D eigenvalue weighted by molar-refractivity contribution is 5.88. The Hall–Kier alpha value is -1.81. The van der Waals surface area contributed by atoms with E-state index in [2.05, 4.69) is 33.4 Å². The highest BCUT2D eigenvalue weighted by atomic mass is 16.5. The van der Waals surface area contributed by atoms with Gasteiger partial charge in [-0.3, -0.25) is 4.98 Å². The van der Waals surface area contributed by atoms with Gasteiger partial charge in [0, 0.05) is 43.4 Å². The van der Waals surface area contributed by atoms with Crippen LogP contribution in [-0.4, -0.2) is 38.3 Å². The van der Waals surface area contributed by atoms with Crippen molar-refractivity contribution >= 4 is 16.6 Å². The zero-order chi connectivity index (χ0) is 14.4. The standard InChI is InChI=1S/C14H17N3O.C2H6/c1-18-14-4-5-16-13-3-2-11(10-12(13)14)17-8-6-15-7-9-17;1-2/h2-5,10,15H,6-9H2,1H3;1-2H3. The summed E-state index contributed by atoms with van der Waals surface area (Å²) >= 11 is 0. The minimum Gasteiger partial charge on any atom is -0.496 e. The van der Waals surface area contributed by atoms with Crippen LogP contribution in [0.2, 0.25) is 0 Å². The van der Waals surface area contributed by atoms with Crippen LogP contribution < -0.4 is 15.0 Å².